The molecule has 1 aliphatic carbocycles. The first-order valence-electron chi connectivity index (χ1n) is 5.73. The molecule has 2 atom stereocenters. The number of nitrogens with two attached hydrogens (primary N) is 1. The highest BCUT2D eigenvalue weighted by Crippen LogP contribution is 2.28. The molecular formula is C12H16Br2N2O. The van der Waals surface area contributed by atoms with E-state index in [0.717, 1.165) is 39.5 Å². The topological polar surface area (TPSA) is 58.3 Å². The Labute approximate surface area is 118 Å². The fraction of sp³-hybridized carbons (Fsp3) is 0.500. The zero-order chi connectivity index (χ0) is 12.4. The van der Waals surface area contributed by atoms with Gasteiger partial charge >= 0.3 is 0 Å². The average Bonchev–Trinajstić information content (AvgIpc) is 2.67. The van der Waals surface area contributed by atoms with Crippen molar-refractivity contribution in [1.82, 2.24) is 5.32 Å². The number of aliphatic hydroxyl groups excluding tert-OH is 1. The standard InChI is InChI=1S/C12H16Br2N2O/c13-8-4-7(12(15)9(14)5-8)6-16-10-2-1-3-11(10)17/h4-5,10-11,16-17H,1-3,6,15H2/t10?,11-/m1/s1. The number of nitrogens with one attached hydrogen (secondary N) is 1. The number of benzene rings is 1. The predicted octanol–water partition coefficient (Wildman–Crippen LogP) is 2.80. The number of nitrogen functional groups attached to an aromatic ring is 1. The molecule has 1 unspecified atom stereocenters. The molecule has 1 aromatic carbocycles. The molecule has 0 aliphatic heterocycles. The molecule has 0 amide bonds. The quantitative estimate of drug-likeness (QED) is 0.723. The molecule has 0 aromatic heterocycles. The molecule has 4 N–H and O–H groups in total. The highest BCUT2D eigenvalue weighted by atomic mass is 79.9. The van der Waals surface area contributed by atoms with Crippen LogP contribution in [0.2, 0.25) is 0 Å². The van der Waals surface area contributed by atoms with Crippen molar-refractivity contribution in [3.63, 3.8) is 0 Å². The van der Waals surface area contributed by atoms with Crippen molar-refractivity contribution in [3.05, 3.63) is 26.6 Å². The van der Waals surface area contributed by atoms with Gasteiger partial charge in [-0.1, -0.05) is 15.9 Å². The van der Waals surface area contributed by atoms with Crippen LogP contribution >= 0.6 is 31.9 Å². The lowest BCUT2D eigenvalue weighted by Crippen LogP contribution is -2.35. The second-order valence-electron chi connectivity index (χ2n) is 4.45. The summed E-state index contributed by atoms with van der Waals surface area (Å²) in [5, 5.41) is 13.1. The third-order valence-corrected chi connectivity index (χ3v) is 4.33. The van der Waals surface area contributed by atoms with Gasteiger partial charge in [-0.2, -0.15) is 0 Å². The zero-order valence-electron chi connectivity index (χ0n) is 9.42. The summed E-state index contributed by atoms with van der Waals surface area (Å²) in [5.74, 6) is 0. The fourth-order valence-corrected chi connectivity index (χ4v) is 3.52. The molecule has 1 aromatic rings. The van der Waals surface area contributed by atoms with Crippen molar-refractivity contribution in [2.24, 2.45) is 0 Å². The Morgan fingerprint density at radius 2 is 2.12 bits per heavy atom. The number of aliphatic hydroxyl groups is 1. The normalized spacial score (nSPS) is 24.2. The van der Waals surface area contributed by atoms with Crippen LogP contribution < -0.4 is 11.1 Å². The SMILES string of the molecule is Nc1c(Br)cc(Br)cc1CNC1CCC[C@H]1O. The molecule has 1 saturated carbocycles. The van der Waals surface area contributed by atoms with E-state index >= 15 is 0 Å². The maximum Gasteiger partial charge on any atom is 0.0693 e. The Kier molecular flexibility index (Phi) is 4.47. The third-order valence-electron chi connectivity index (χ3n) is 3.21. The molecule has 1 fully saturated rings. The summed E-state index contributed by atoms with van der Waals surface area (Å²) in [6, 6.07) is 4.14. The first-order valence-corrected chi connectivity index (χ1v) is 7.31. The summed E-state index contributed by atoms with van der Waals surface area (Å²) < 4.78 is 1.90. The van der Waals surface area contributed by atoms with Gasteiger partial charge in [0.2, 0.25) is 0 Å². The molecule has 1 aliphatic rings. The highest BCUT2D eigenvalue weighted by molar-refractivity contribution is 9.11. The number of halogens is 2. The first-order chi connectivity index (χ1) is 8.08. The average molecular weight is 364 g/mol. The minimum Gasteiger partial charge on any atom is -0.398 e. The van der Waals surface area contributed by atoms with Crippen molar-refractivity contribution in [2.75, 3.05) is 5.73 Å². The second kappa shape index (κ2) is 5.69. The molecule has 3 nitrogen and oxygen atoms in total. The Morgan fingerprint density at radius 1 is 1.35 bits per heavy atom. The van der Waals surface area contributed by atoms with Crippen LogP contribution in [0.25, 0.3) is 0 Å². The molecule has 5 heteroatoms. The Morgan fingerprint density at radius 3 is 2.76 bits per heavy atom. The van der Waals surface area contributed by atoms with Crippen LogP contribution in [0, 0.1) is 0 Å². The lowest BCUT2D eigenvalue weighted by Gasteiger charge is -2.17. The van der Waals surface area contributed by atoms with Crippen molar-refractivity contribution in [3.8, 4) is 0 Å². The van der Waals surface area contributed by atoms with Crippen molar-refractivity contribution in [2.45, 2.75) is 38.0 Å². The number of hydrogen-bond acceptors (Lipinski definition) is 3. The molecule has 2 rings (SSSR count). The number of hydrogen-bond donors (Lipinski definition) is 3. The maximum absolute atomic E-state index is 9.73. The van der Waals surface area contributed by atoms with Gasteiger partial charge in [-0.15, -0.1) is 0 Å². The summed E-state index contributed by atoms with van der Waals surface area (Å²) in [5.41, 5.74) is 7.80. The van der Waals surface area contributed by atoms with E-state index in [4.69, 9.17) is 5.73 Å². The van der Waals surface area contributed by atoms with Crippen LogP contribution in [0.1, 0.15) is 24.8 Å². The minimum absolute atomic E-state index is 0.201. The monoisotopic (exact) mass is 362 g/mol. The van der Waals surface area contributed by atoms with Crippen LogP contribution in [-0.2, 0) is 6.54 Å². The van der Waals surface area contributed by atoms with Crippen molar-refractivity contribution in [1.29, 1.82) is 0 Å². The van der Waals surface area contributed by atoms with Gasteiger partial charge in [0, 0.05) is 21.5 Å². The second-order valence-corrected chi connectivity index (χ2v) is 6.22. The van der Waals surface area contributed by atoms with Crippen LogP contribution in [0.4, 0.5) is 5.69 Å². The van der Waals surface area contributed by atoms with Crippen LogP contribution in [-0.4, -0.2) is 17.3 Å². The minimum atomic E-state index is -0.216. The molecule has 0 radical (unpaired) electrons. The van der Waals surface area contributed by atoms with Gasteiger partial charge in [0.05, 0.1) is 11.8 Å². The largest absolute Gasteiger partial charge is 0.398 e. The zero-order valence-corrected chi connectivity index (χ0v) is 12.6. The van der Waals surface area contributed by atoms with Crippen LogP contribution in [0.3, 0.4) is 0 Å². The molecule has 94 valence electrons. The molecule has 0 spiro atoms. The summed E-state index contributed by atoms with van der Waals surface area (Å²) in [6.45, 7) is 0.686. The number of rotatable bonds is 3. The predicted molar refractivity (Wildman–Crippen MR) is 76.7 cm³/mol. The van der Waals surface area contributed by atoms with E-state index in [9.17, 15) is 5.11 Å². The van der Waals surface area contributed by atoms with Gasteiger partial charge in [0.25, 0.3) is 0 Å². The molecule has 0 heterocycles. The fourth-order valence-electron chi connectivity index (χ4n) is 2.20. The van der Waals surface area contributed by atoms with Crippen LogP contribution in [0.5, 0.6) is 0 Å². The van der Waals surface area contributed by atoms with Crippen molar-refractivity contribution >= 4 is 37.5 Å². The van der Waals surface area contributed by atoms with E-state index in [-0.39, 0.29) is 12.1 Å². The van der Waals surface area contributed by atoms with E-state index in [1.807, 2.05) is 12.1 Å². The molecule has 0 saturated heterocycles. The Bertz CT molecular complexity index is 412. The lowest BCUT2D eigenvalue weighted by molar-refractivity contribution is 0.148. The van der Waals surface area contributed by atoms with E-state index < -0.39 is 0 Å². The maximum atomic E-state index is 9.73. The summed E-state index contributed by atoms with van der Waals surface area (Å²) >= 11 is 6.88. The van der Waals surface area contributed by atoms with Crippen molar-refractivity contribution < 1.29 is 5.11 Å². The molecular weight excluding hydrogens is 348 g/mol. The lowest BCUT2D eigenvalue weighted by atomic mass is 10.1. The summed E-state index contributed by atoms with van der Waals surface area (Å²) in [6.07, 6.45) is 2.81. The molecule has 17 heavy (non-hydrogen) atoms. The van der Waals surface area contributed by atoms with Gasteiger partial charge in [-0.3, -0.25) is 0 Å². The Balaban J connectivity index is 2.03. The van der Waals surface area contributed by atoms with E-state index in [0.29, 0.717) is 6.54 Å². The van der Waals surface area contributed by atoms with Gasteiger partial charge in [-0.25, -0.2) is 0 Å². The third kappa shape index (κ3) is 3.22. The van der Waals surface area contributed by atoms with Gasteiger partial charge < -0.3 is 16.2 Å². The van der Waals surface area contributed by atoms with E-state index in [1.165, 1.54) is 0 Å². The van der Waals surface area contributed by atoms with E-state index in [1.54, 1.807) is 0 Å². The van der Waals surface area contributed by atoms with Crippen LogP contribution in [0.15, 0.2) is 21.1 Å². The summed E-state index contributed by atoms with van der Waals surface area (Å²) in [7, 11) is 0. The first kappa shape index (κ1) is 13.3. The van der Waals surface area contributed by atoms with Gasteiger partial charge in [0.1, 0.15) is 0 Å². The highest BCUT2D eigenvalue weighted by Gasteiger charge is 2.24. The van der Waals surface area contributed by atoms with Gasteiger partial charge in [-0.05, 0) is 52.9 Å². The Hall–Kier alpha value is -0.100. The molecule has 0 bridgehead atoms. The summed E-state index contributed by atoms with van der Waals surface area (Å²) in [4.78, 5) is 0. The van der Waals surface area contributed by atoms with Gasteiger partial charge in [0.15, 0.2) is 0 Å². The van der Waals surface area contributed by atoms with E-state index in [2.05, 4.69) is 37.2 Å². The number of anilines is 1. The smallest absolute Gasteiger partial charge is 0.0693 e.